The number of nitro benzene ring substituents is 1. The average molecular weight is 389 g/mol. The predicted octanol–water partition coefficient (Wildman–Crippen LogP) is 2.11. The van der Waals surface area contributed by atoms with Crippen LogP contribution in [0, 0.1) is 15.9 Å². The van der Waals surface area contributed by atoms with Crippen molar-refractivity contribution in [2.75, 3.05) is 45.1 Å². The maximum Gasteiger partial charge on any atom is 0.272 e. The van der Waals surface area contributed by atoms with Gasteiger partial charge in [0.2, 0.25) is 5.91 Å². The summed E-state index contributed by atoms with van der Waals surface area (Å²) in [6.45, 7) is 3.72. The van der Waals surface area contributed by atoms with Crippen molar-refractivity contribution in [3.05, 3.63) is 52.5 Å². The lowest BCUT2D eigenvalue weighted by Gasteiger charge is -2.31. The molecule has 1 aliphatic rings. The van der Waals surface area contributed by atoms with Gasteiger partial charge in [0, 0.05) is 44.5 Å². The molecule has 9 nitrogen and oxygen atoms in total. The number of ether oxygens (including phenoxy) is 1. The third kappa shape index (κ3) is 5.21. The quantitative estimate of drug-likeness (QED) is 0.596. The monoisotopic (exact) mass is 389 g/mol. The fourth-order valence-electron chi connectivity index (χ4n) is 2.75. The van der Waals surface area contributed by atoms with Gasteiger partial charge in [-0.15, -0.1) is 0 Å². The molecule has 1 aromatic carbocycles. The molecule has 1 fully saturated rings. The summed E-state index contributed by atoms with van der Waals surface area (Å²) < 4.78 is 19.4. The number of benzene rings is 1. The Morgan fingerprint density at radius 3 is 2.71 bits per heavy atom. The molecule has 28 heavy (non-hydrogen) atoms. The van der Waals surface area contributed by atoms with E-state index >= 15 is 0 Å². The van der Waals surface area contributed by atoms with E-state index in [1.165, 1.54) is 24.4 Å². The number of halogens is 1. The number of nitrogens with zero attached hydrogens (tertiary/aromatic N) is 4. The first-order valence-electron chi connectivity index (χ1n) is 8.69. The van der Waals surface area contributed by atoms with E-state index in [9.17, 15) is 19.3 Å². The summed E-state index contributed by atoms with van der Waals surface area (Å²) in [6, 6.07) is 6.08. The first-order valence-corrected chi connectivity index (χ1v) is 8.69. The van der Waals surface area contributed by atoms with E-state index in [1.807, 2.05) is 7.05 Å². The van der Waals surface area contributed by atoms with Gasteiger partial charge >= 0.3 is 0 Å². The number of hydrogen-bond acceptors (Lipinski definition) is 7. The van der Waals surface area contributed by atoms with E-state index in [1.54, 1.807) is 0 Å². The number of amides is 1. The van der Waals surface area contributed by atoms with Gasteiger partial charge in [-0.25, -0.2) is 9.37 Å². The van der Waals surface area contributed by atoms with Crippen LogP contribution in [0.5, 0.6) is 11.5 Å². The molecule has 148 valence electrons. The van der Waals surface area contributed by atoms with Gasteiger partial charge in [-0.2, -0.15) is 0 Å². The largest absolute Gasteiger partial charge is 0.454 e. The number of anilines is 1. The van der Waals surface area contributed by atoms with Crippen LogP contribution in [-0.4, -0.2) is 65.4 Å². The van der Waals surface area contributed by atoms with E-state index in [0.717, 1.165) is 38.3 Å². The van der Waals surface area contributed by atoms with Gasteiger partial charge in [-0.05, 0) is 19.2 Å². The highest BCUT2D eigenvalue weighted by atomic mass is 19.1. The highest BCUT2D eigenvalue weighted by molar-refractivity contribution is 5.91. The number of nitrogens with one attached hydrogen (secondary N) is 1. The van der Waals surface area contributed by atoms with Crippen LogP contribution in [0.15, 0.2) is 36.5 Å². The molecule has 0 bridgehead atoms. The lowest BCUT2D eigenvalue weighted by molar-refractivity contribution is -0.385. The van der Waals surface area contributed by atoms with Crippen LogP contribution in [0.3, 0.4) is 0 Å². The Bertz CT molecular complexity index is 871. The summed E-state index contributed by atoms with van der Waals surface area (Å²) in [5, 5.41) is 13.4. The van der Waals surface area contributed by atoms with Crippen LogP contribution in [0.25, 0.3) is 0 Å². The van der Waals surface area contributed by atoms with E-state index in [4.69, 9.17) is 4.74 Å². The van der Waals surface area contributed by atoms with E-state index in [2.05, 4.69) is 20.1 Å². The van der Waals surface area contributed by atoms with Crippen LogP contribution in [0.4, 0.5) is 15.9 Å². The highest BCUT2D eigenvalue weighted by Gasteiger charge is 2.17. The van der Waals surface area contributed by atoms with Crippen LogP contribution < -0.4 is 10.1 Å². The van der Waals surface area contributed by atoms with Crippen molar-refractivity contribution in [1.82, 2.24) is 14.8 Å². The molecule has 10 heteroatoms. The van der Waals surface area contributed by atoms with E-state index in [-0.39, 0.29) is 35.5 Å². The molecule has 1 N–H and O–H groups in total. The number of piperazine rings is 1. The summed E-state index contributed by atoms with van der Waals surface area (Å²) in [6.07, 6.45) is 1.42. The molecule has 1 aromatic heterocycles. The third-order valence-corrected chi connectivity index (χ3v) is 4.32. The number of carbonyl (C=O) groups excluding carboxylic acids is 1. The van der Waals surface area contributed by atoms with Crippen molar-refractivity contribution in [2.24, 2.45) is 0 Å². The Balaban J connectivity index is 1.61. The van der Waals surface area contributed by atoms with Gasteiger partial charge in [-0.1, -0.05) is 0 Å². The number of likely N-dealkylation sites (N-methyl/N-ethyl adjacent to an activating group) is 1. The maximum absolute atomic E-state index is 14.0. The number of pyridine rings is 1. The summed E-state index contributed by atoms with van der Waals surface area (Å²) in [4.78, 5) is 30.5. The number of carbonyl (C=O) groups is 1. The average Bonchev–Trinajstić information content (AvgIpc) is 2.65. The minimum atomic E-state index is -0.855. The normalized spacial score (nSPS) is 15.2. The Morgan fingerprint density at radius 1 is 1.29 bits per heavy atom. The number of hydrogen-bond donors (Lipinski definition) is 1. The van der Waals surface area contributed by atoms with Gasteiger partial charge in [0.05, 0.1) is 17.5 Å². The number of aromatic nitrogens is 1. The molecule has 0 unspecified atom stereocenters. The lowest BCUT2D eigenvalue weighted by Crippen LogP contribution is -2.47. The minimum Gasteiger partial charge on any atom is -0.454 e. The standard InChI is InChI=1S/C18H20FN5O4/c1-22-6-8-23(9-7-22)12-18(25)21-17-11-14(4-5-20-17)28-16-3-2-13(24(26)27)10-15(16)19/h2-5,10-11H,6-9,12H2,1H3,(H,20,21,25). The smallest absolute Gasteiger partial charge is 0.272 e. The number of non-ortho nitro benzene ring substituents is 1. The Morgan fingerprint density at radius 2 is 2.04 bits per heavy atom. The second-order valence-electron chi connectivity index (χ2n) is 6.48. The van der Waals surface area contributed by atoms with Gasteiger partial charge in [0.15, 0.2) is 11.6 Å². The minimum absolute atomic E-state index is 0.161. The summed E-state index contributed by atoms with van der Waals surface area (Å²) >= 11 is 0. The predicted molar refractivity (Wildman–Crippen MR) is 99.9 cm³/mol. The number of rotatable bonds is 6. The van der Waals surface area contributed by atoms with Crippen molar-refractivity contribution < 1.29 is 18.8 Å². The van der Waals surface area contributed by atoms with E-state index in [0.29, 0.717) is 0 Å². The van der Waals surface area contributed by atoms with E-state index < -0.39 is 10.7 Å². The van der Waals surface area contributed by atoms with Crippen LogP contribution in [-0.2, 0) is 4.79 Å². The number of nitro groups is 1. The van der Waals surface area contributed by atoms with Gasteiger partial charge in [0.25, 0.3) is 5.69 Å². The Labute approximate surface area is 160 Å². The first kappa shape index (κ1) is 19.6. The molecule has 0 saturated carbocycles. The summed E-state index contributed by atoms with van der Waals surface area (Å²) in [5.41, 5.74) is -0.364. The topological polar surface area (TPSA) is 101 Å². The zero-order valence-corrected chi connectivity index (χ0v) is 15.3. The van der Waals surface area contributed by atoms with Gasteiger partial charge < -0.3 is 15.0 Å². The molecule has 2 heterocycles. The maximum atomic E-state index is 14.0. The molecule has 0 spiro atoms. The fourth-order valence-corrected chi connectivity index (χ4v) is 2.75. The second-order valence-corrected chi connectivity index (χ2v) is 6.48. The third-order valence-electron chi connectivity index (χ3n) is 4.32. The molecule has 0 atom stereocenters. The zero-order chi connectivity index (χ0) is 20.1. The Hall–Kier alpha value is -3.11. The molecule has 3 rings (SSSR count). The lowest BCUT2D eigenvalue weighted by atomic mass is 10.3. The van der Waals surface area contributed by atoms with Crippen molar-refractivity contribution in [2.45, 2.75) is 0 Å². The van der Waals surface area contributed by atoms with Crippen molar-refractivity contribution in [3.63, 3.8) is 0 Å². The molecular formula is C18H20FN5O4. The molecule has 0 aliphatic carbocycles. The van der Waals surface area contributed by atoms with Crippen molar-refractivity contribution in [1.29, 1.82) is 0 Å². The van der Waals surface area contributed by atoms with Crippen molar-refractivity contribution in [3.8, 4) is 11.5 Å². The highest BCUT2D eigenvalue weighted by Crippen LogP contribution is 2.28. The van der Waals surface area contributed by atoms with Crippen LogP contribution in [0.1, 0.15) is 0 Å². The Kier molecular flexibility index (Phi) is 6.12. The summed E-state index contributed by atoms with van der Waals surface area (Å²) in [7, 11) is 2.04. The van der Waals surface area contributed by atoms with Gasteiger partial charge in [-0.3, -0.25) is 19.8 Å². The van der Waals surface area contributed by atoms with Crippen LogP contribution >= 0.6 is 0 Å². The zero-order valence-electron chi connectivity index (χ0n) is 15.3. The first-order chi connectivity index (χ1) is 13.4. The van der Waals surface area contributed by atoms with Crippen LogP contribution in [0.2, 0.25) is 0 Å². The SMILES string of the molecule is CN1CCN(CC(=O)Nc2cc(Oc3ccc([N+](=O)[O-])cc3F)ccn2)CC1. The van der Waals surface area contributed by atoms with Gasteiger partial charge in [0.1, 0.15) is 11.6 Å². The fraction of sp³-hybridized carbons (Fsp3) is 0.333. The summed E-state index contributed by atoms with van der Waals surface area (Å²) in [5.74, 6) is -0.689. The van der Waals surface area contributed by atoms with Crippen molar-refractivity contribution >= 4 is 17.4 Å². The molecule has 1 saturated heterocycles. The molecule has 2 aromatic rings. The molecular weight excluding hydrogens is 369 g/mol. The molecule has 1 amide bonds. The molecule has 0 radical (unpaired) electrons. The second kappa shape index (κ2) is 8.72. The molecule has 1 aliphatic heterocycles.